The Morgan fingerprint density at radius 3 is 1.74 bits per heavy atom. The molecule has 0 aliphatic heterocycles. The summed E-state index contributed by atoms with van der Waals surface area (Å²) in [5, 5.41) is 0. The molecule has 0 aromatic heterocycles. The molecule has 0 nitrogen and oxygen atoms in total. The summed E-state index contributed by atoms with van der Waals surface area (Å²) in [4.78, 5) is 0. The van der Waals surface area contributed by atoms with Crippen LogP contribution in [-0.2, 0) is 25.7 Å². The molecule has 0 aliphatic carbocycles. The van der Waals surface area contributed by atoms with E-state index >= 15 is 0 Å². The summed E-state index contributed by atoms with van der Waals surface area (Å²) in [6, 6.07) is 24.1. The number of hydrogen-bond acceptors (Lipinski definition) is 0. The van der Waals surface area contributed by atoms with Crippen molar-refractivity contribution in [1.82, 2.24) is 0 Å². The second kappa shape index (κ2) is 10.7. The van der Waals surface area contributed by atoms with E-state index in [1.807, 2.05) is 67.6 Å². The van der Waals surface area contributed by atoms with Gasteiger partial charge in [0.2, 0.25) is 0 Å². The lowest BCUT2D eigenvalue weighted by Crippen LogP contribution is -2.00. The molecule has 0 saturated carbocycles. The summed E-state index contributed by atoms with van der Waals surface area (Å²) in [6.07, 6.45) is 3.67. The highest BCUT2D eigenvalue weighted by atomic mass is 19.2. The molecule has 0 unspecified atom stereocenters. The van der Waals surface area contributed by atoms with E-state index in [1.54, 1.807) is 18.2 Å². The van der Waals surface area contributed by atoms with Crippen molar-refractivity contribution in [3.8, 4) is 22.3 Å². The van der Waals surface area contributed by atoms with E-state index in [4.69, 9.17) is 0 Å². The highest BCUT2D eigenvalue weighted by molar-refractivity contribution is 5.65. The number of halogens is 3. The second-order valence-corrected chi connectivity index (χ2v) is 8.70. The molecule has 0 heterocycles. The van der Waals surface area contributed by atoms with Crippen LogP contribution >= 0.6 is 0 Å². The third-order valence-corrected chi connectivity index (χ3v) is 6.37. The molecule has 34 heavy (non-hydrogen) atoms. The average Bonchev–Trinajstić information content (AvgIpc) is 2.86. The van der Waals surface area contributed by atoms with Crippen LogP contribution in [0.15, 0.2) is 78.9 Å². The second-order valence-electron chi connectivity index (χ2n) is 8.70. The van der Waals surface area contributed by atoms with Gasteiger partial charge in [0.15, 0.2) is 11.6 Å². The zero-order chi connectivity index (χ0) is 24.1. The lowest BCUT2D eigenvalue weighted by molar-refractivity contribution is 0.501. The standard InChI is InChI=1S/C31H29F3/c1-3-5-21-8-13-25(14-9-21)28-19-18-26(30(33)31(28)34)15-10-22-6-11-24(12-7-22)27-17-16-23(4-2)29(32)20-27/h6-9,11-14,16-20H,3-5,10,15H2,1-2H3. The largest absolute Gasteiger partial charge is 0.207 e. The van der Waals surface area contributed by atoms with E-state index in [1.165, 1.54) is 5.56 Å². The Hall–Kier alpha value is -3.33. The third kappa shape index (κ3) is 5.25. The molecule has 4 rings (SSSR count). The van der Waals surface area contributed by atoms with Crippen LogP contribution in [0, 0.1) is 17.5 Å². The van der Waals surface area contributed by atoms with Crippen molar-refractivity contribution in [1.29, 1.82) is 0 Å². The number of benzene rings is 4. The zero-order valence-corrected chi connectivity index (χ0v) is 19.7. The Kier molecular flexibility index (Phi) is 7.52. The molecule has 0 fully saturated rings. The molecular weight excluding hydrogens is 429 g/mol. The Bertz CT molecular complexity index is 1260. The van der Waals surface area contributed by atoms with E-state index in [2.05, 4.69) is 6.92 Å². The quantitative estimate of drug-likeness (QED) is 0.248. The fraction of sp³-hybridized carbons (Fsp3) is 0.226. The van der Waals surface area contributed by atoms with Gasteiger partial charge in [0.25, 0.3) is 0 Å². The van der Waals surface area contributed by atoms with Gasteiger partial charge in [0.05, 0.1) is 0 Å². The minimum Gasteiger partial charge on any atom is -0.207 e. The minimum absolute atomic E-state index is 0.193. The summed E-state index contributed by atoms with van der Waals surface area (Å²) in [7, 11) is 0. The average molecular weight is 459 g/mol. The van der Waals surface area contributed by atoms with Gasteiger partial charge in [-0.15, -0.1) is 0 Å². The van der Waals surface area contributed by atoms with E-state index in [0.717, 1.165) is 29.5 Å². The maximum absolute atomic E-state index is 14.8. The minimum atomic E-state index is -0.798. The van der Waals surface area contributed by atoms with Crippen LogP contribution in [0.3, 0.4) is 0 Å². The first kappa shape index (κ1) is 23.8. The normalized spacial score (nSPS) is 11.1. The first-order valence-corrected chi connectivity index (χ1v) is 11.9. The Morgan fingerprint density at radius 1 is 0.529 bits per heavy atom. The molecule has 0 radical (unpaired) electrons. The summed E-state index contributed by atoms with van der Waals surface area (Å²) in [5.41, 5.74) is 6.00. The van der Waals surface area contributed by atoms with E-state index in [-0.39, 0.29) is 11.4 Å². The van der Waals surface area contributed by atoms with Gasteiger partial charge in [0, 0.05) is 5.56 Å². The fourth-order valence-corrected chi connectivity index (χ4v) is 4.30. The predicted octanol–water partition coefficient (Wildman–Crippen LogP) is 8.74. The molecule has 174 valence electrons. The van der Waals surface area contributed by atoms with Gasteiger partial charge in [-0.05, 0) is 70.7 Å². The van der Waals surface area contributed by atoms with Gasteiger partial charge in [-0.1, -0.05) is 93.1 Å². The number of hydrogen-bond donors (Lipinski definition) is 0. The molecule has 0 aliphatic rings. The van der Waals surface area contributed by atoms with Crippen LogP contribution in [0.4, 0.5) is 13.2 Å². The first-order valence-electron chi connectivity index (χ1n) is 11.9. The predicted molar refractivity (Wildman–Crippen MR) is 134 cm³/mol. The lowest BCUT2D eigenvalue weighted by Gasteiger charge is -2.10. The lowest BCUT2D eigenvalue weighted by atomic mass is 9.97. The van der Waals surface area contributed by atoms with E-state index in [0.29, 0.717) is 36.0 Å². The Labute approximate surface area is 200 Å². The molecule has 0 bridgehead atoms. The van der Waals surface area contributed by atoms with Crippen molar-refractivity contribution in [3.05, 3.63) is 119 Å². The maximum Gasteiger partial charge on any atom is 0.166 e. The summed E-state index contributed by atoms with van der Waals surface area (Å²) < 4.78 is 43.8. The Morgan fingerprint density at radius 2 is 1.12 bits per heavy atom. The molecule has 0 N–H and O–H groups in total. The van der Waals surface area contributed by atoms with Crippen LogP contribution in [0.1, 0.15) is 42.5 Å². The van der Waals surface area contributed by atoms with Gasteiger partial charge < -0.3 is 0 Å². The van der Waals surface area contributed by atoms with Crippen molar-refractivity contribution in [3.63, 3.8) is 0 Å². The third-order valence-electron chi connectivity index (χ3n) is 6.37. The summed E-state index contributed by atoms with van der Waals surface area (Å²) in [5.74, 6) is -1.77. The van der Waals surface area contributed by atoms with Crippen LogP contribution in [0.5, 0.6) is 0 Å². The molecule has 4 aromatic carbocycles. The summed E-state index contributed by atoms with van der Waals surface area (Å²) >= 11 is 0. The molecule has 0 amide bonds. The highest BCUT2D eigenvalue weighted by Crippen LogP contribution is 2.28. The molecule has 3 heteroatoms. The molecule has 0 saturated heterocycles. The van der Waals surface area contributed by atoms with Gasteiger partial charge in [0.1, 0.15) is 5.82 Å². The number of aryl methyl sites for hydroxylation is 4. The Balaban J connectivity index is 1.45. The van der Waals surface area contributed by atoms with Gasteiger partial charge in [-0.3, -0.25) is 0 Å². The van der Waals surface area contributed by atoms with E-state index in [9.17, 15) is 13.2 Å². The van der Waals surface area contributed by atoms with E-state index < -0.39 is 11.6 Å². The molecule has 0 spiro atoms. The van der Waals surface area contributed by atoms with Crippen LogP contribution in [0.25, 0.3) is 22.3 Å². The van der Waals surface area contributed by atoms with Crippen molar-refractivity contribution in [2.24, 2.45) is 0 Å². The zero-order valence-electron chi connectivity index (χ0n) is 19.7. The first-order chi connectivity index (χ1) is 16.5. The van der Waals surface area contributed by atoms with Crippen molar-refractivity contribution < 1.29 is 13.2 Å². The van der Waals surface area contributed by atoms with Gasteiger partial charge in [-0.2, -0.15) is 0 Å². The van der Waals surface area contributed by atoms with Crippen LogP contribution in [0.2, 0.25) is 0 Å². The van der Waals surface area contributed by atoms with Crippen molar-refractivity contribution in [2.75, 3.05) is 0 Å². The fourth-order valence-electron chi connectivity index (χ4n) is 4.30. The van der Waals surface area contributed by atoms with Crippen molar-refractivity contribution >= 4 is 0 Å². The SMILES string of the molecule is CCCc1ccc(-c2ccc(CCc3ccc(-c4ccc(CC)c(F)c4)cc3)c(F)c2F)cc1. The molecule has 4 aromatic rings. The van der Waals surface area contributed by atoms with Crippen molar-refractivity contribution in [2.45, 2.75) is 46.0 Å². The van der Waals surface area contributed by atoms with Crippen LogP contribution in [-0.4, -0.2) is 0 Å². The monoisotopic (exact) mass is 458 g/mol. The topological polar surface area (TPSA) is 0 Å². The van der Waals surface area contributed by atoms with Gasteiger partial charge >= 0.3 is 0 Å². The molecule has 0 atom stereocenters. The van der Waals surface area contributed by atoms with Gasteiger partial charge in [-0.25, -0.2) is 13.2 Å². The smallest absolute Gasteiger partial charge is 0.166 e. The highest BCUT2D eigenvalue weighted by Gasteiger charge is 2.15. The van der Waals surface area contributed by atoms with Crippen LogP contribution < -0.4 is 0 Å². The molecular formula is C31H29F3. The number of rotatable bonds is 8. The maximum atomic E-state index is 14.8. The summed E-state index contributed by atoms with van der Waals surface area (Å²) in [6.45, 7) is 4.04.